The average Bonchev–Trinajstić information content (AvgIpc) is 3.09. The van der Waals surface area contributed by atoms with Crippen LogP contribution >= 0.6 is 11.3 Å². The summed E-state index contributed by atoms with van der Waals surface area (Å²) in [5.74, 6) is -1.32. The standard InChI is InChI=1S/C21H22N4O3S/c1-3-17-12(2)29-21(22-17)23-18(26)13-7-6-8-14(11-13)25-20(28)16-10-5-4-9-15(16)19(27)24-25/h4-8,11,15-16H,3,9-10H2,1-2H3,(H,24,27)(H,22,23,26)/t15-,16+/m0/s1. The Hall–Kier alpha value is -3.00. The monoisotopic (exact) mass is 410 g/mol. The van der Waals surface area contributed by atoms with E-state index >= 15 is 0 Å². The molecule has 0 spiro atoms. The summed E-state index contributed by atoms with van der Waals surface area (Å²) >= 11 is 1.44. The summed E-state index contributed by atoms with van der Waals surface area (Å²) < 4.78 is 0. The van der Waals surface area contributed by atoms with E-state index in [-0.39, 0.29) is 29.6 Å². The van der Waals surface area contributed by atoms with Gasteiger partial charge in [0.05, 0.1) is 23.2 Å². The SMILES string of the molecule is CCc1nc(NC(=O)c2cccc(N3NC(=O)[C@H]4CC=CC[C@H]4C3=O)c2)sc1C. The predicted octanol–water partition coefficient (Wildman–Crippen LogP) is 3.23. The summed E-state index contributed by atoms with van der Waals surface area (Å²) in [4.78, 5) is 43.6. The number of allylic oxidation sites excluding steroid dienone is 2. The maximum Gasteiger partial charge on any atom is 0.257 e. The molecule has 1 aromatic heterocycles. The predicted molar refractivity (Wildman–Crippen MR) is 112 cm³/mol. The van der Waals surface area contributed by atoms with Crippen molar-refractivity contribution in [3.05, 3.63) is 52.6 Å². The Morgan fingerprint density at radius 2 is 2.03 bits per heavy atom. The van der Waals surface area contributed by atoms with Crippen LogP contribution in [-0.4, -0.2) is 22.7 Å². The average molecular weight is 410 g/mol. The third kappa shape index (κ3) is 3.67. The van der Waals surface area contributed by atoms with E-state index in [1.165, 1.54) is 16.3 Å². The molecule has 3 amide bonds. The number of amides is 3. The van der Waals surface area contributed by atoms with E-state index in [4.69, 9.17) is 0 Å². The van der Waals surface area contributed by atoms with E-state index in [1.54, 1.807) is 24.3 Å². The normalized spacial score (nSPS) is 21.0. The van der Waals surface area contributed by atoms with Gasteiger partial charge in [-0.3, -0.25) is 25.1 Å². The molecular weight excluding hydrogens is 388 g/mol. The van der Waals surface area contributed by atoms with Crippen molar-refractivity contribution in [2.45, 2.75) is 33.1 Å². The molecule has 4 rings (SSSR count). The first-order valence-electron chi connectivity index (χ1n) is 9.65. The number of aryl methyl sites for hydroxylation is 2. The van der Waals surface area contributed by atoms with Crippen molar-refractivity contribution in [2.24, 2.45) is 11.8 Å². The fourth-order valence-corrected chi connectivity index (χ4v) is 4.65. The molecule has 2 aromatic rings. The van der Waals surface area contributed by atoms with Crippen LogP contribution in [0.5, 0.6) is 0 Å². The summed E-state index contributed by atoms with van der Waals surface area (Å²) in [5, 5.41) is 4.63. The third-order valence-corrected chi connectivity index (χ3v) is 6.27. The zero-order valence-electron chi connectivity index (χ0n) is 16.3. The Morgan fingerprint density at radius 3 is 2.76 bits per heavy atom. The van der Waals surface area contributed by atoms with Gasteiger partial charge in [0.1, 0.15) is 0 Å². The molecule has 1 saturated heterocycles. The van der Waals surface area contributed by atoms with Gasteiger partial charge in [-0.1, -0.05) is 25.1 Å². The molecular formula is C21H22N4O3S. The van der Waals surface area contributed by atoms with Gasteiger partial charge in [-0.25, -0.2) is 9.99 Å². The summed E-state index contributed by atoms with van der Waals surface area (Å²) in [7, 11) is 0. The Labute approximate surface area is 172 Å². The van der Waals surface area contributed by atoms with Gasteiger partial charge in [0.15, 0.2) is 5.13 Å². The van der Waals surface area contributed by atoms with Gasteiger partial charge in [-0.2, -0.15) is 0 Å². The number of hydrogen-bond donors (Lipinski definition) is 2. The zero-order chi connectivity index (χ0) is 20.5. The molecule has 2 heterocycles. The molecule has 0 bridgehead atoms. The van der Waals surface area contributed by atoms with Crippen LogP contribution in [0.4, 0.5) is 10.8 Å². The number of benzene rings is 1. The lowest BCUT2D eigenvalue weighted by molar-refractivity contribution is -0.139. The number of fused-ring (bicyclic) bond motifs is 1. The van der Waals surface area contributed by atoms with E-state index in [1.807, 2.05) is 26.0 Å². The van der Waals surface area contributed by atoms with Crippen molar-refractivity contribution in [1.82, 2.24) is 10.4 Å². The minimum Gasteiger partial charge on any atom is -0.298 e. The highest BCUT2D eigenvalue weighted by Crippen LogP contribution is 2.32. The van der Waals surface area contributed by atoms with E-state index in [9.17, 15) is 14.4 Å². The molecule has 29 heavy (non-hydrogen) atoms. The number of thiazole rings is 1. The number of nitrogens with one attached hydrogen (secondary N) is 2. The second-order valence-electron chi connectivity index (χ2n) is 7.19. The van der Waals surface area contributed by atoms with Crippen molar-refractivity contribution in [1.29, 1.82) is 0 Å². The van der Waals surface area contributed by atoms with Crippen molar-refractivity contribution in [3.8, 4) is 0 Å². The van der Waals surface area contributed by atoms with Gasteiger partial charge in [-0.15, -0.1) is 11.3 Å². The van der Waals surface area contributed by atoms with Crippen LogP contribution in [0, 0.1) is 18.8 Å². The van der Waals surface area contributed by atoms with Crippen molar-refractivity contribution in [3.63, 3.8) is 0 Å². The Kier molecular flexibility index (Phi) is 5.19. The number of carbonyl (C=O) groups is 3. The molecule has 1 aliphatic heterocycles. The van der Waals surface area contributed by atoms with Crippen LogP contribution in [0.15, 0.2) is 36.4 Å². The fraction of sp³-hybridized carbons (Fsp3) is 0.333. The summed E-state index contributed by atoms with van der Waals surface area (Å²) in [6, 6.07) is 6.67. The number of anilines is 2. The maximum absolute atomic E-state index is 12.9. The number of hydrazine groups is 1. The van der Waals surface area contributed by atoms with Gasteiger partial charge in [0.2, 0.25) is 11.8 Å². The largest absolute Gasteiger partial charge is 0.298 e. The summed E-state index contributed by atoms with van der Waals surface area (Å²) in [6.45, 7) is 4.00. The Morgan fingerprint density at radius 1 is 1.28 bits per heavy atom. The molecule has 0 radical (unpaired) electrons. The van der Waals surface area contributed by atoms with Crippen molar-refractivity contribution in [2.75, 3.05) is 10.3 Å². The van der Waals surface area contributed by atoms with E-state index < -0.39 is 0 Å². The molecule has 2 aliphatic rings. The summed E-state index contributed by atoms with van der Waals surface area (Å²) in [6.07, 6.45) is 5.82. The topological polar surface area (TPSA) is 91.4 Å². The second kappa shape index (κ2) is 7.79. The van der Waals surface area contributed by atoms with Crippen LogP contribution in [0.2, 0.25) is 0 Å². The van der Waals surface area contributed by atoms with Crippen LogP contribution in [0.3, 0.4) is 0 Å². The van der Waals surface area contributed by atoms with Crippen LogP contribution in [0.25, 0.3) is 0 Å². The van der Waals surface area contributed by atoms with Crippen LogP contribution in [0.1, 0.15) is 40.7 Å². The van der Waals surface area contributed by atoms with Gasteiger partial charge < -0.3 is 0 Å². The minimum atomic E-state index is -0.364. The van der Waals surface area contributed by atoms with Crippen molar-refractivity contribution < 1.29 is 14.4 Å². The molecule has 150 valence electrons. The first kappa shape index (κ1) is 19.3. The van der Waals surface area contributed by atoms with Crippen LogP contribution < -0.4 is 15.8 Å². The highest BCUT2D eigenvalue weighted by molar-refractivity contribution is 7.15. The summed E-state index contributed by atoms with van der Waals surface area (Å²) in [5.41, 5.74) is 4.51. The lowest BCUT2D eigenvalue weighted by Crippen LogP contribution is -2.59. The van der Waals surface area contributed by atoms with Gasteiger partial charge in [0.25, 0.3) is 5.91 Å². The molecule has 2 N–H and O–H groups in total. The third-order valence-electron chi connectivity index (χ3n) is 5.34. The van der Waals surface area contributed by atoms with Crippen molar-refractivity contribution >= 4 is 39.9 Å². The number of rotatable bonds is 4. The zero-order valence-corrected chi connectivity index (χ0v) is 17.1. The lowest BCUT2D eigenvalue weighted by atomic mass is 9.80. The maximum atomic E-state index is 12.9. The smallest absolute Gasteiger partial charge is 0.257 e. The number of nitrogens with zero attached hydrogens (tertiary/aromatic N) is 2. The van der Waals surface area contributed by atoms with Gasteiger partial charge in [-0.05, 0) is 44.4 Å². The molecule has 0 unspecified atom stereocenters. The van der Waals surface area contributed by atoms with Gasteiger partial charge in [0, 0.05) is 10.4 Å². The highest BCUT2D eigenvalue weighted by atomic mass is 32.1. The second-order valence-corrected chi connectivity index (χ2v) is 8.39. The molecule has 1 aliphatic carbocycles. The van der Waals surface area contributed by atoms with E-state index in [2.05, 4.69) is 15.7 Å². The number of hydrogen-bond acceptors (Lipinski definition) is 5. The van der Waals surface area contributed by atoms with E-state index in [0.717, 1.165) is 17.0 Å². The van der Waals surface area contributed by atoms with Gasteiger partial charge >= 0.3 is 0 Å². The molecule has 0 saturated carbocycles. The fourth-order valence-electron chi connectivity index (χ4n) is 3.75. The number of aromatic nitrogens is 1. The van der Waals surface area contributed by atoms with E-state index in [0.29, 0.717) is 29.2 Å². The minimum absolute atomic E-state index is 0.153. The Bertz CT molecular complexity index is 1010. The lowest BCUT2D eigenvalue weighted by Gasteiger charge is -2.38. The quantitative estimate of drug-likeness (QED) is 0.757. The molecule has 1 aromatic carbocycles. The highest BCUT2D eigenvalue weighted by Gasteiger charge is 2.42. The molecule has 2 atom stereocenters. The Balaban J connectivity index is 1.55. The first-order valence-corrected chi connectivity index (χ1v) is 10.5. The molecule has 1 fully saturated rings. The first-order chi connectivity index (χ1) is 14.0. The molecule has 7 nitrogen and oxygen atoms in total. The van der Waals surface area contributed by atoms with Crippen LogP contribution in [-0.2, 0) is 16.0 Å². The molecule has 8 heteroatoms. The number of carbonyl (C=O) groups excluding carboxylic acids is 3.